The second-order valence-corrected chi connectivity index (χ2v) is 4.23. The first-order valence-corrected chi connectivity index (χ1v) is 4.81. The molecule has 0 bridgehead atoms. The monoisotopic (exact) mass is 182 g/mol. The lowest BCUT2D eigenvalue weighted by Gasteiger charge is -2.33. The standard InChI is InChI=1S/C11H18O2/c1-8(2)11(4-5-12)7-10(13)6-9(11)3/h9,12H,1,4-7H2,2-3H3/t9-,11+/m0/s1. The van der Waals surface area contributed by atoms with Crippen LogP contribution in [0.25, 0.3) is 0 Å². The predicted octanol–water partition coefficient (Wildman–Crippen LogP) is 1.93. The van der Waals surface area contributed by atoms with E-state index in [4.69, 9.17) is 5.11 Å². The number of aliphatic hydroxyl groups is 1. The Hall–Kier alpha value is -0.630. The van der Waals surface area contributed by atoms with Crippen LogP contribution in [-0.2, 0) is 4.79 Å². The van der Waals surface area contributed by atoms with Crippen molar-refractivity contribution in [1.82, 2.24) is 0 Å². The highest BCUT2D eigenvalue weighted by molar-refractivity contribution is 5.82. The van der Waals surface area contributed by atoms with Gasteiger partial charge in [0.05, 0.1) is 0 Å². The van der Waals surface area contributed by atoms with Gasteiger partial charge in [0.25, 0.3) is 0 Å². The summed E-state index contributed by atoms with van der Waals surface area (Å²) >= 11 is 0. The molecule has 0 amide bonds. The predicted molar refractivity (Wildman–Crippen MR) is 52.4 cm³/mol. The Morgan fingerprint density at radius 3 is 2.69 bits per heavy atom. The van der Waals surface area contributed by atoms with Gasteiger partial charge in [-0.15, -0.1) is 0 Å². The third-order valence-corrected chi connectivity index (χ3v) is 3.40. The molecule has 1 aliphatic carbocycles. The normalized spacial score (nSPS) is 33.8. The molecule has 0 aromatic heterocycles. The minimum atomic E-state index is -0.119. The van der Waals surface area contributed by atoms with Gasteiger partial charge < -0.3 is 5.11 Å². The fourth-order valence-electron chi connectivity index (χ4n) is 2.45. The molecule has 1 fully saturated rings. The second kappa shape index (κ2) is 3.62. The van der Waals surface area contributed by atoms with E-state index < -0.39 is 0 Å². The average molecular weight is 182 g/mol. The van der Waals surface area contributed by atoms with E-state index in [-0.39, 0.29) is 12.0 Å². The summed E-state index contributed by atoms with van der Waals surface area (Å²) in [5, 5.41) is 8.99. The fraction of sp³-hybridized carbons (Fsp3) is 0.727. The topological polar surface area (TPSA) is 37.3 Å². The number of carbonyl (C=O) groups is 1. The Morgan fingerprint density at radius 2 is 2.38 bits per heavy atom. The molecule has 0 heterocycles. The van der Waals surface area contributed by atoms with Crippen LogP contribution in [0.1, 0.15) is 33.1 Å². The Balaban J connectivity index is 2.90. The number of aliphatic hydroxyl groups excluding tert-OH is 1. The van der Waals surface area contributed by atoms with Crippen molar-refractivity contribution in [1.29, 1.82) is 0 Å². The molecular weight excluding hydrogens is 164 g/mol. The maximum absolute atomic E-state index is 11.3. The summed E-state index contributed by atoms with van der Waals surface area (Å²) < 4.78 is 0. The quantitative estimate of drug-likeness (QED) is 0.677. The summed E-state index contributed by atoms with van der Waals surface area (Å²) in [6.45, 7) is 8.13. The summed E-state index contributed by atoms with van der Waals surface area (Å²) in [4.78, 5) is 11.3. The molecule has 2 nitrogen and oxygen atoms in total. The number of hydrogen-bond donors (Lipinski definition) is 1. The van der Waals surface area contributed by atoms with E-state index in [1.54, 1.807) is 0 Å². The van der Waals surface area contributed by atoms with Crippen molar-refractivity contribution in [3.63, 3.8) is 0 Å². The van der Waals surface area contributed by atoms with Crippen molar-refractivity contribution in [2.24, 2.45) is 11.3 Å². The van der Waals surface area contributed by atoms with Gasteiger partial charge in [-0.25, -0.2) is 0 Å². The Kier molecular flexibility index (Phi) is 2.91. The highest BCUT2D eigenvalue weighted by Gasteiger charge is 2.44. The Labute approximate surface area is 79.6 Å². The largest absolute Gasteiger partial charge is 0.396 e. The lowest BCUT2D eigenvalue weighted by molar-refractivity contribution is -0.118. The minimum absolute atomic E-state index is 0.119. The zero-order valence-corrected chi connectivity index (χ0v) is 8.47. The number of allylic oxidation sites excluding steroid dienone is 1. The average Bonchev–Trinajstić information content (AvgIpc) is 2.28. The number of rotatable bonds is 3. The van der Waals surface area contributed by atoms with Crippen molar-refractivity contribution >= 4 is 5.78 Å². The molecule has 13 heavy (non-hydrogen) atoms. The number of hydrogen-bond acceptors (Lipinski definition) is 2. The van der Waals surface area contributed by atoms with Crippen LogP contribution >= 0.6 is 0 Å². The second-order valence-electron chi connectivity index (χ2n) is 4.23. The van der Waals surface area contributed by atoms with Crippen molar-refractivity contribution in [3.05, 3.63) is 12.2 Å². The Morgan fingerprint density at radius 1 is 1.77 bits per heavy atom. The zero-order chi connectivity index (χ0) is 10.1. The van der Waals surface area contributed by atoms with Crippen LogP contribution in [0.15, 0.2) is 12.2 Å². The zero-order valence-electron chi connectivity index (χ0n) is 8.47. The summed E-state index contributed by atoms with van der Waals surface area (Å²) in [6, 6.07) is 0. The van der Waals surface area contributed by atoms with Gasteiger partial charge in [-0.2, -0.15) is 0 Å². The number of carbonyl (C=O) groups excluding carboxylic acids is 1. The molecule has 2 heteroatoms. The molecule has 1 N–H and O–H groups in total. The molecule has 74 valence electrons. The van der Waals surface area contributed by atoms with Crippen LogP contribution in [0, 0.1) is 11.3 Å². The maximum Gasteiger partial charge on any atom is 0.134 e. The van der Waals surface area contributed by atoms with E-state index in [1.165, 1.54) is 0 Å². The maximum atomic E-state index is 11.3. The van der Waals surface area contributed by atoms with E-state index >= 15 is 0 Å². The fourth-order valence-corrected chi connectivity index (χ4v) is 2.45. The summed E-state index contributed by atoms with van der Waals surface area (Å²) in [6.07, 6.45) is 1.89. The number of Topliss-reactive ketones (excluding diaryl/α,β-unsaturated/α-hetero) is 1. The van der Waals surface area contributed by atoms with Crippen LogP contribution in [0.2, 0.25) is 0 Å². The van der Waals surface area contributed by atoms with Crippen molar-refractivity contribution in [3.8, 4) is 0 Å². The minimum Gasteiger partial charge on any atom is -0.396 e. The van der Waals surface area contributed by atoms with Gasteiger partial charge in [0.1, 0.15) is 5.78 Å². The molecule has 0 unspecified atom stereocenters. The van der Waals surface area contributed by atoms with Crippen LogP contribution in [0.5, 0.6) is 0 Å². The van der Waals surface area contributed by atoms with Crippen LogP contribution in [-0.4, -0.2) is 17.5 Å². The molecule has 1 rings (SSSR count). The Bertz CT molecular complexity index is 232. The molecule has 0 spiro atoms. The van der Waals surface area contributed by atoms with Crippen LogP contribution in [0.3, 0.4) is 0 Å². The van der Waals surface area contributed by atoms with E-state index in [0.29, 0.717) is 31.0 Å². The van der Waals surface area contributed by atoms with Gasteiger partial charge in [-0.05, 0) is 19.3 Å². The smallest absolute Gasteiger partial charge is 0.134 e. The molecule has 1 aliphatic rings. The highest BCUT2D eigenvalue weighted by Crippen LogP contribution is 2.48. The van der Waals surface area contributed by atoms with Gasteiger partial charge >= 0.3 is 0 Å². The summed E-state index contributed by atoms with van der Waals surface area (Å²) in [7, 11) is 0. The van der Waals surface area contributed by atoms with Gasteiger partial charge in [0.2, 0.25) is 0 Å². The van der Waals surface area contributed by atoms with Crippen LogP contribution < -0.4 is 0 Å². The SMILES string of the molecule is C=C(C)[C@@]1(CCO)CC(=O)C[C@@H]1C. The van der Waals surface area contributed by atoms with Gasteiger partial charge in [-0.1, -0.05) is 19.1 Å². The van der Waals surface area contributed by atoms with Crippen molar-refractivity contribution < 1.29 is 9.90 Å². The molecule has 0 saturated heterocycles. The van der Waals surface area contributed by atoms with E-state index in [9.17, 15) is 4.79 Å². The van der Waals surface area contributed by atoms with Crippen molar-refractivity contribution in [2.45, 2.75) is 33.1 Å². The molecule has 2 atom stereocenters. The van der Waals surface area contributed by atoms with Crippen molar-refractivity contribution in [2.75, 3.05) is 6.61 Å². The molecule has 0 aliphatic heterocycles. The van der Waals surface area contributed by atoms with Gasteiger partial charge in [0.15, 0.2) is 0 Å². The van der Waals surface area contributed by atoms with E-state index in [1.807, 2.05) is 6.92 Å². The summed E-state index contributed by atoms with van der Waals surface area (Å²) in [5.41, 5.74) is 0.922. The number of ketones is 1. The molecule has 0 aromatic carbocycles. The lowest BCUT2D eigenvalue weighted by atomic mass is 9.71. The third kappa shape index (κ3) is 1.68. The lowest BCUT2D eigenvalue weighted by Crippen LogP contribution is -2.26. The summed E-state index contributed by atoms with van der Waals surface area (Å²) in [5.74, 6) is 0.647. The first kappa shape index (κ1) is 10.5. The van der Waals surface area contributed by atoms with Gasteiger partial charge in [0, 0.05) is 24.9 Å². The van der Waals surface area contributed by atoms with E-state index in [2.05, 4.69) is 13.5 Å². The molecule has 0 aromatic rings. The first-order chi connectivity index (χ1) is 6.03. The van der Waals surface area contributed by atoms with Crippen LogP contribution in [0.4, 0.5) is 0 Å². The third-order valence-electron chi connectivity index (χ3n) is 3.40. The molecule has 1 saturated carbocycles. The van der Waals surface area contributed by atoms with Gasteiger partial charge in [-0.3, -0.25) is 4.79 Å². The van der Waals surface area contributed by atoms with E-state index in [0.717, 1.165) is 5.57 Å². The molecular formula is C11H18O2. The first-order valence-electron chi connectivity index (χ1n) is 4.81. The molecule has 0 radical (unpaired) electrons. The highest BCUT2D eigenvalue weighted by atomic mass is 16.3.